The summed E-state index contributed by atoms with van der Waals surface area (Å²) in [6, 6.07) is 8.72. The van der Waals surface area contributed by atoms with Gasteiger partial charge in [0, 0.05) is 60.9 Å². The second kappa shape index (κ2) is 13.4. The van der Waals surface area contributed by atoms with Gasteiger partial charge < -0.3 is 15.5 Å². The molecule has 1 aromatic carbocycles. The standard InChI is InChI=1S/C23H36N4O2S.HI/c1-3-30(29)21-11-6-10-20(16-21)26-23(24-2)25-14-7-12-22(28)27-15-13-18-8-4-5-9-19(18)17-27;/h4-5,8-9,20-21H,3,6-7,10-17H2,1-2H3,(H2,24,25,26);1H. The summed E-state index contributed by atoms with van der Waals surface area (Å²) < 4.78 is 12.1. The van der Waals surface area contributed by atoms with Crippen molar-refractivity contribution in [2.45, 2.75) is 69.7 Å². The number of halogens is 1. The third-order valence-electron chi connectivity index (χ3n) is 6.19. The molecule has 2 N–H and O–H groups in total. The highest BCUT2D eigenvalue weighted by atomic mass is 127. The second-order valence-corrected chi connectivity index (χ2v) is 10.2. The van der Waals surface area contributed by atoms with Gasteiger partial charge in [-0.3, -0.25) is 14.0 Å². The van der Waals surface area contributed by atoms with E-state index in [-0.39, 0.29) is 29.9 Å². The van der Waals surface area contributed by atoms with Crippen molar-refractivity contribution in [2.75, 3.05) is 25.9 Å². The van der Waals surface area contributed by atoms with Crippen molar-refractivity contribution in [3.63, 3.8) is 0 Å². The van der Waals surface area contributed by atoms with Crippen LogP contribution in [0.2, 0.25) is 0 Å². The lowest BCUT2D eigenvalue weighted by Crippen LogP contribution is -2.47. The SMILES string of the molecule is CCS(=O)C1CCCC(NC(=NC)NCCCC(=O)N2CCc3ccccc3C2)C1.I. The molecule has 1 heterocycles. The van der Waals surface area contributed by atoms with Gasteiger partial charge in [-0.1, -0.05) is 37.6 Å². The van der Waals surface area contributed by atoms with Crippen LogP contribution in [0.15, 0.2) is 29.3 Å². The topological polar surface area (TPSA) is 73.8 Å². The van der Waals surface area contributed by atoms with Crippen LogP contribution in [0, 0.1) is 0 Å². The van der Waals surface area contributed by atoms with E-state index in [1.54, 1.807) is 7.05 Å². The first kappa shape index (κ1) is 26.1. The van der Waals surface area contributed by atoms with Crippen LogP contribution in [0.25, 0.3) is 0 Å². The number of benzene rings is 1. The first-order valence-corrected chi connectivity index (χ1v) is 12.7. The molecule has 0 bridgehead atoms. The van der Waals surface area contributed by atoms with E-state index in [1.165, 1.54) is 11.1 Å². The molecule has 0 saturated heterocycles. The molecule has 31 heavy (non-hydrogen) atoms. The predicted octanol–water partition coefficient (Wildman–Crippen LogP) is 3.21. The highest BCUT2D eigenvalue weighted by molar-refractivity contribution is 14.0. The predicted molar refractivity (Wildman–Crippen MR) is 139 cm³/mol. The number of nitrogens with zero attached hydrogens (tertiary/aromatic N) is 2. The van der Waals surface area contributed by atoms with Crippen LogP contribution >= 0.6 is 24.0 Å². The summed E-state index contributed by atoms with van der Waals surface area (Å²) in [5, 5.41) is 7.12. The van der Waals surface area contributed by atoms with Crippen molar-refractivity contribution < 1.29 is 9.00 Å². The zero-order valence-corrected chi connectivity index (χ0v) is 21.9. The Morgan fingerprint density at radius 1 is 1.26 bits per heavy atom. The van der Waals surface area contributed by atoms with Gasteiger partial charge in [-0.15, -0.1) is 24.0 Å². The molecule has 0 spiro atoms. The van der Waals surface area contributed by atoms with Crippen LogP contribution < -0.4 is 10.6 Å². The molecule has 1 aromatic rings. The minimum Gasteiger partial charge on any atom is -0.356 e. The Labute approximate surface area is 206 Å². The molecule has 1 aliphatic carbocycles. The molecule has 8 heteroatoms. The minimum absolute atomic E-state index is 0. The van der Waals surface area contributed by atoms with Gasteiger partial charge in [-0.2, -0.15) is 0 Å². The molecule has 6 nitrogen and oxygen atoms in total. The fraction of sp³-hybridized carbons (Fsp3) is 0.652. The highest BCUT2D eigenvalue weighted by Gasteiger charge is 2.26. The molecule has 0 aromatic heterocycles. The maximum Gasteiger partial charge on any atom is 0.222 e. The first-order chi connectivity index (χ1) is 14.6. The molecule has 3 atom stereocenters. The normalized spacial score (nSPS) is 22.1. The Morgan fingerprint density at radius 2 is 2.03 bits per heavy atom. The van der Waals surface area contributed by atoms with E-state index < -0.39 is 10.8 Å². The molecule has 0 radical (unpaired) electrons. The van der Waals surface area contributed by atoms with Gasteiger partial charge in [0.2, 0.25) is 5.91 Å². The van der Waals surface area contributed by atoms with Gasteiger partial charge in [-0.05, 0) is 43.2 Å². The molecule has 1 aliphatic heterocycles. The van der Waals surface area contributed by atoms with Crippen molar-refractivity contribution in [3.05, 3.63) is 35.4 Å². The zero-order chi connectivity index (χ0) is 21.3. The quantitative estimate of drug-likeness (QED) is 0.233. The summed E-state index contributed by atoms with van der Waals surface area (Å²) in [5.41, 5.74) is 2.64. The summed E-state index contributed by atoms with van der Waals surface area (Å²) in [6.45, 7) is 4.26. The van der Waals surface area contributed by atoms with Gasteiger partial charge in [0.25, 0.3) is 0 Å². The molecule has 174 valence electrons. The Hall–Kier alpha value is -1.16. The fourth-order valence-electron chi connectivity index (χ4n) is 4.45. The van der Waals surface area contributed by atoms with Gasteiger partial charge >= 0.3 is 0 Å². The Bertz CT molecular complexity index is 774. The van der Waals surface area contributed by atoms with Crippen LogP contribution in [-0.4, -0.2) is 58.2 Å². The summed E-state index contributed by atoms with van der Waals surface area (Å²) in [5.74, 6) is 1.75. The van der Waals surface area contributed by atoms with Crippen LogP contribution in [-0.2, 0) is 28.6 Å². The Balaban J connectivity index is 0.00000341. The number of amides is 1. The third-order valence-corrected chi connectivity index (χ3v) is 7.93. The van der Waals surface area contributed by atoms with Gasteiger partial charge in [0.1, 0.15) is 0 Å². The molecule has 3 unspecified atom stereocenters. The third kappa shape index (κ3) is 7.73. The largest absolute Gasteiger partial charge is 0.356 e. The Morgan fingerprint density at radius 3 is 2.77 bits per heavy atom. The number of hydrogen-bond donors (Lipinski definition) is 2. The van der Waals surface area contributed by atoms with Gasteiger partial charge in [-0.25, -0.2) is 0 Å². The van der Waals surface area contributed by atoms with Crippen molar-refractivity contribution in [3.8, 4) is 0 Å². The molecule has 1 saturated carbocycles. The Kier molecular flexibility index (Phi) is 11.3. The smallest absolute Gasteiger partial charge is 0.222 e. The van der Waals surface area contributed by atoms with E-state index >= 15 is 0 Å². The van der Waals surface area contributed by atoms with Crippen LogP contribution in [0.4, 0.5) is 0 Å². The maximum absolute atomic E-state index is 12.6. The first-order valence-electron chi connectivity index (χ1n) is 11.3. The summed E-state index contributed by atoms with van der Waals surface area (Å²) in [7, 11) is 1.05. The van der Waals surface area contributed by atoms with Crippen molar-refractivity contribution in [1.29, 1.82) is 0 Å². The van der Waals surface area contributed by atoms with Gasteiger partial charge in [0.05, 0.1) is 0 Å². The lowest BCUT2D eigenvalue weighted by Gasteiger charge is -2.30. The average Bonchev–Trinajstić information content (AvgIpc) is 2.80. The average molecular weight is 561 g/mol. The molecule has 2 aliphatic rings. The second-order valence-electron chi connectivity index (χ2n) is 8.24. The lowest BCUT2D eigenvalue weighted by atomic mass is 9.95. The lowest BCUT2D eigenvalue weighted by molar-refractivity contribution is -0.132. The van der Waals surface area contributed by atoms with E-state index in [1.807, 2.05) is 17.9 Å². The highest BCUT2D eigenvalue weighted by Crippen LogP contribution is 2.23. The van der Waals surface area contributed by atoms with Gasteiger partial charge in [0.15, 0.2) is 5.96 Å². The number of rotatable bonds is 7. The zero-order valence-electron chi connectivity index (χ0n) is 18.8. The monoisotopic (exact) mass is 560 g/mol. The summed E-state index contributed by atoms with van der Waals surface area (Å²) in [4.78, 5) is 18.9. The van der Waals surface area contributed by atoms with E-state index in [2.05, 4.69) is 33.8 Å². The van der Waals surface area contributed by atoms with Crippen LogP contribution in [0.3, 0.4) is 0 Å². The maximum atomic E-state index is 12.6. The van der Waals surface area contributed by atoms with E-state index in [0.717, 1.165) is 63.3 Å². The number of fused-ring (bicyclic) bond motifs is 1. The molecular weight excluding hydrogens is 523 g/mol. The molecular formula is C23H37IN4O2S. The number of nitrogens with one attached hydrogen (secondary N) is 2. The van der Waals surface area contributed by atoms with Crippen LogP contribution in [0.5, 0.6) is 0 Å². The van der Waals surface area contributed by atoms with Crippen molar-refractivity contribution in [1.82, 2.24) is 15.5 Å². The number of guanidine groups is 1. The molecule has 3 rings (SSSR count). The van der Waals surface area contributed by atoms with E-state index in [0.29, 0.717) is 24.3 Å². The number of aliphatic imine (C=N–C) groups is 1. The van der Waals surface area contributed by atoms with E-state index in [4.69, 9.17) is 0 Å². The van der Waals surface area contributed by atoms with E-state index in [9.17, 15) is 9.00 Å². The molecule has 1 amide bonds. The fourth-order valence-corrected chi connectivity index (χ4v) is 5.80. The summed E-state index contributed by atoms with van der Waals surface area (Å²) >= 11 is 0. The van der Waals surface area contributed by atoms with Crippen LogP contribution in [0.1, 0.15) is 56.6 Å². The van der Waals surface area contributed by atoms with Crippen molar-refractivity contribution >= 4 is 46.6 Å². The summed E-state index contributed by atoms with van der Waals surface area (Å²) in [6.07, 6.45) is 6.48. The number of carbonyl (C=O) groups is 1. The molecule has 1 fully saturated rings. The number of carbonyl (C=O) groups excluding carboxylic acids is 1. The number of hydrogen-bond acceptors (Lipinski definition) is 3. The van der Waals surface area contributed by atoms with Crippen molar-refractivity contribution in [2.24, 2.45) is 4.99 Å². The minimum atomic E-state index is -0.722.